The van der Waals surface area contributed by atoms with E-state index in [1.165, 1.54) is 11.1 Å². The Morgan fingerprint density at radius 1 is 1.00 bits per heavy atom. The lowest BCUT2D eigenvalue weighted by Crippen LogP contribution is -2.28. The van der Waals surface area contributed by atoms with E-state index in [4.69, 9.17) is 15.2 Å². The van der Waals surface area contributed by atoms with Gasteiger partial charge in [-0.1, -0.05) is 34.1 Å². The zero-order chi connectivity index (χ0) is 15.4. The molecule has 22 heavy (non-hydrogen) atoms. The summed E-state index contributed by atoms with van der Waals surface area (Å²) in [5.41, 5.74) is 8.23. The minimum Gasteiger partial charge on any atom is -0.454 e. The van der Waals surface area contributed by atoms with Crippen LogP contribution in [0.2, 0.25) is 0 Å². The zero-order valence-electron chi connectivity index (χ0n) is 12.3. The monoisotopic (exact) mass is 362 g/mol. The molecule has 2 aromatic rings. The molecule has 1 aliphatic rings. The molecule has 0 spiro atoms. The predicted octanol–water partition coefficient (Wildman–Crippen LogP) is 3.14. The second kappa shape index (κ2) is 7.13. The van der Waals surface area contributed by atoms with E-state index in [0.29, 0.717) is 13.3 Å². The van der Waals surface area contributed by atoms with Gasteiger partial charge < -0.3 is 15.2 Å². The highest BCUT2D eigenvalue weighted by atomic mass is 79.9. The normalized spacial score (nSPS) is 12.9. The highest BCUT2D eigenvalue weighted by molar-refractivity contribution is 9.10. The maximum atomic E-state index is 5.76. The van der Waals surface area contributed by atoms with Crippen molar-refractivity contribution >= 4 is 15.9 Å². The van der Waals surface area contributed by atoms with Gasteiger partial charge in [-0.2, -0.15) is 0 Å². The number of rotatable bonds is 6. The minimum absolute atomic E-state index is 0.309. The van der Waals surface area contributed by atoms with Crippen LogP contribution in [-0.2, 0) is 13.1 Å². The summed E-state index contributed by atoms with van der Waals surface area (Å²) >= 11 is 3.52. The van der Waals surface area contributed by atoms with Gasteiger partial charge in [0.1, 0.15) is 0 Å². The molecule has 1 heterocycles. The maximum Gasteiger partial charge on any atom is 0.231 e. The molecule has 0 unspecified atom stereocenters. The van der Waals surface area contributed by atoms with E-state index < -0.39 is 0 Å². The molecule has 2 aromatic carbocycles. The Labute approximate surface area is 139 Å². The molecule has 0 fully saturated rings. The highest BCUT2D eigenvalue weighted by Crippen LogP contribution is 2.32. The highest BCUT2D eigenvalue weighted by Gasteiger charge is 2.14. The third-order valence-corrected chi connectivity index (χ3v) is 4.08. The molecule has 0 aliphatic carbocycles. The van der Waals surface area contributed by atoms with Gasteiger partial charge in [0, 0.05) is 30.7 Å². The van der Waals surface area contributed by atoms with Gasteiger partial charge in [0.15, 0.2) is 11.5 Å². The number of benzene rings is 2. The van der Waals surface area contributed by atoms with Crippen LogP contribution in [0.5, 0.6) is 11.5 Å². The number of fused-ring (bicyclic) bond motifs is 1. The van der Waals surface area contributed by atoms with Crippen LogP contribution in [0, 0.1) is 0 Å². The van der Waals surface area contributed by atoms with E-state index in [0.717, 1.165) is 35.6 Å². The molecule has 2 N–H and O–H groups in total. The van der Waals surface area contributed by atoms with E-state index in [2.05, 4.69) is 45.1 Å². The average Bonchev–Trinajstić information content (AvgIpc) is 2.95. The van der Waals surface area contributed by atoms with E-state index in [1.807, 2.05) is 18.2 Å². The molecular formula is C17H19BrN2O2. The van der Waals surface area contributed by atoms with Gasteiger partial charge in [0.05, 0.1) is 0 Å². The fraction of sp³-hybridized carbons (Fsp3) is 0.294. The van der Waals surface area contributed by atoms with Crippen LogP contribution in [0.3, 0.4) is 0 Å². The molecule has 0 radical (unpaired) electrons. The van der Waals surface area contributed by atoms with E-state index in [1.54, 1.807) is 0 Å². The van der Waals surface area contributed by atoms with Crippen LogP contribution in [0.1, 0.15) is 11.1 Å². The SMILES string of the molecule is NCCN(Cc1cccc(Br)c1)Cc1ccc2c(c1)OCO2. The number of nitrogens with zero attached hydrogens (tertiary/aromatic N) is 1. The summed E-state index contributed by atoms with van der Waals surface area (Å²) in [6.45, 7) is 3.49. The summed E-state index contributed by atoms with van der Waals surface area (Å²) in [5.74, 6) is 1.65. The van der Waals surface area contributed by atoms with Crippen molar-refractivity contribution in [3.63, 3.8) is 0 Å². The van der Waals surface area contributed by atoms with Crippen molar-refractivity contribution in [1.29, 1.82) is 0 Å². The lowest BCUT2D eigenvalue weighted by Gasteiger charge is -2.22. The zero-order valence-corrected chi connectivity index (χ0v) is 13.9. The van der Waals surface area contributed by atoms with Crippen LogP contribution in [0.25, 0.3) is 0 Å². The number of halogens is 1. The number of nitrogens with two attached hydrogens (primary N) is 1. The topological polar surface area (TPSA) is 47.7 Å². The van der Waals surface area contributed by atoms with Crippen molar-refractivity contribution in [1.82, 2.24) is 4.90 Å². The van der Waals surface area contributed by atoms with Crippen molar-refractivity contribution in [2.45, 2.75) is 13.1 Å². The second-order valence-electron chi connectivity index (χ2n) is 5.32. The third kappa shape index (κ3) is 3.80. The van der Waals surface area contributed by atoms with Crippen molar-refractivity contribution in [3.05, 3.63) is 58.1 Å². The molecule has 5 heteroatoms. The quantitative estimate of drug-likeness (QED) is 0.857. The van der Waals surface area contributed by atoms with E-state index in [-0.39, 0.29) is 0 Å². The average molecular weight is 363 g/mol. The van der Waals surface area contributed by atoms with Crippen LogP contribution in [0.15, 0.2) is 46.9 Å². The Morgan fingerprint density at radius 2 is 1.77 bits per heavy atom. The molecule has 0 bridgehead atoms. The Kier molecular flexibility index (Phi) is 4.97. The van der Waals surface area contributed by atoms with E-state index in [9.17, 15) is 0 Å². The van der Waals surface area contributed by atoms with E-state index >= 15 is 0 Å². The summed E-state index contributed by atoms with van der Waals surface area (Å²) in [6, 6.07) is 14.5. The molecule has 1 aliphatic heterocycles. The standard InChI is InChI=1S/C17H19BrN2O2/c18-15-3-1-2-13(8-15)10-20(7-6-19)11-14-4-5-16-17(9-14)22-12-21-16/h1-5,8-9H,6-7,10-12,19H2. The Bertz CT molecular complexity index is 648. The first-order chi connectivity index (χ1) is 10.7. The van der Waals surface area contributed by atoms with Crippen LogP contribution in [0.4, 0.5) is 0 Å². The van der Waals surface area contributed by atoms with Crippen LogP contribution >= 0.6 is 15.9 Å². The number of ether oxygens (including phenoxy) is 2. The summed E-state index contributed by atoms with van der Waals surface area (Å²) < 4.78 is 11.9. The molecule has 116 valence electrons. The molecule has 0 saturated heterocycles. The number of hydrogen-bond acceptors (Lipinski definition) is 4. The summed E-state index contributed by atoms with van der Waals surface area (Å²) in [4.78, 5) is 2.33. The van der Waals surface area contributed by atoms with Crippen molar-refractivity contribution in [3.8, 4) is 11.5 Å². The fourth-order valence-corrected chi connectivity index (χ4v) is 3.03. The molecule has 0 amide bonds. The van der Waals surface area contributed by atoms with Gasteiger partial charge in [0.25, 0.3) is 0 Å². The van der Waals surface area contributed by atoms with Gasteiger partial charge in [-0.25, -0.2) is 0 Å². The van der Waals surface area contributed by atoms with Gasteiger partial charge in [0.2, 0.25) is 6.79 Å². The Morgan fingerprint density at radius 3 is 2.55 bits per heavy atom. The largest absolute Gasteiger partial charge is 0.454 e. The molecule has 0 saturated carbocycles. The predicted molar refractivity (Wildman–Crippen MR) is 89.9 cm³/mol. The first-order valence-electron chi connectivity index (χ1n) is 7.30. The van der Waals surface area contributed by atoms with Gasteiger partial charge >= 0.3 is 0 Å². The van der Waals surface area contributed by atoms with Gasteiger partial charge in [-0.05, 0) is 35.4 Å². The summed E-state index contributed by atoms with van der Waals surface area (Å²) in [5, 5.41) is 0. The first kappa shape index (κ1) is 15.3. The van der Waals surface area contributed by atoms with Crippen LogP contribution in [-0.4, -0.2) is 24.8 Å². The van der Waals surface area contributed by atoms with Gasteiger partial charge in [-0.15, -0.1) is 0 Å². The lowest BCUT2D eigenvalue weighted by molar-refractivity contribution is 0.174. The first-order valence-corrected chi connectivity index (χ1v) is 8.09. The van der Waals surface area contributed by atoms with Crippen LogP contribution < -0.4 is 15.2 Å². The second-order valence-corrected chi connectivity index (χ2v) is 6.23. The minimum atomic E-state index is 0.309. The fourth-order valence-electron chi connectivity index (χ4n) is 2.59. The molecule has 3 rings (SSSR count). The molecule has 4 nitrogen and oxygen atoms in total. The van der Waals surface area contributed by atoms with Crippen molar-refractivity contribution in [2.24, 2.45) is 5.73 Å². The Hall–Kier alpha value is -1.56. The third-order valence-electron chi connectivity index (χ3n) is 3.58. The Balaban J connectivity index is 1.71. The van der Waals surface area contributed by atoms with Crippen molar-refractivity contribution < 1.29 is 9.47 Å². The smallest absolute Gasteiger partial charge is 0.231 e. The summed E-state index contributed by atoms with van der Waals surface area (Å²) in [7, 11) is 0. The van der Waals surface area contributed by atoms with Gasteiger partial charge in [-0.3, -0.25) is 4.90 Å². The number of hydrogen-bond donors (Lipinski definition) is 1. The summed E-state index contributed by atoms with van der Waals surface area (Å²) in [6.07, 6.45) is 0. The molecule has 0 atom stereocenters. The molecule has 0 aromatic heterocycles. The van der Waals surface area contributed by atoms with Crippen molar-refractivity contribution in [2.75, 3.05) is 19.9 Å². The molecular weight excluding hydrogens is 344 g/mol. The lowest BCUT2D eigenvalue weighted by atomic mass is 10.1. The maximum absolute atomic E-state index is 5.76.